The molecular weight excluding hydrogens is 245 g/mol. The van der Waals surface area contributed by atoms with Crippen LogP contribution in [0, 0.1) is 5.92 Å². The van der Waals surface area contributed by atoms with Gasteiger partial charge >= 0.3 is 12.2 Å². The number of alkyl halides is 3. The number of benzene rings is 1. The Hall–Kier alpha value is -1.72. The maximum atomic E-state index is 12.7. The number of rotatable bonds is 1. The summed E-state index contributed by atoms with van der Waals surface area (Å²) in [5.41, 5.74) is 0.334. The lowest BCUT2D eigenvalue weighted by Crippen LogP contribution is -2.38. The average Bonchev–Trinajstić information content (AvgIpc) is 3.09. The van der Waals surface area contributed by atoms with E-state index in [2.05, 4.69) is 10.6 Å². The van der Waals surface area contributed by atoms with Crippen LogP contribution >= 0.6 is 0 Å². The van der Waals surface area contributed by atoms with E-state index in [9.17, 15) is 18.0 Å². The van der Waals surface area contributed by atoms with Crippen molar-refractivity contribution in [3.63, 3.8) is 0 Å². The van der Waals surface area contributed by atoms with E-state index in [0.29, 0.717) is 11.3 Å². The summed E-state index contributed by atoms with van der Waals surface area (Å²) in [6, 6.07) is 2.81. The molecule has 3 nitrogen and oxygen atoms in total. The van der Waals surface area contributed by atoms with Gasteiger partial charge in [-0.1, -0.05) is 0 Å². The van der Waals surface area contributed by atoms with Gasteiger partial charge in [0.05, 0.1) is 11.6 Å². The minimum absolute atomic E-state index is 0.262. The van der Waals surface area contributed by atoms with Crippen LogP contribution in [0.3, 0.4) is 0 Å². The molecule has 0 saturated heterocycles. The summed E-state index contributed by atoms with van der Waals surface area (Å²) in [5.74, 6) is 0.262. The molecule has 1 saturated carbocycles. The van der Waals surface area contributed by atoms with Crippen LogP contribution in [0.4, 0.5) is 23.7 Å². The Bertz CT molecular complexity index is 509. The highest BCUT2D eigenvalue weighted by atomic mass is 19.4. The van der Waals surface area contributed by atoms with E-state index in [4.69, 9.17) is 0 Å². The number of hydrogen-bond donors (Lipinski definition) is 2. The summed E-state index contributed by atoms with van der Waals surface area (Å²) in [6.45, 7) is 0. The number of halogens is 3. The fourth-order valence-corrected chi connectivity index (χ4v) is 2.29. The smallest absolute Gasteiger partial charge is 0.331 e. The van der Waals surface area contributed by atoms with Crippen molar-refractivity contribution in [3.8, 4) is 0 Å². The number of urea groups is 1. The molecule has 0 bridgehead atoms. The van der Waals surface area contributed by atoms with Crippen LogP contribution in [0.15, 0.2) is 18.2 Å². The van der Waals surface area contributed by atoms with Gasteiger partial charge in [-0.05, 0) is 42.5 Å². The van der Waals surface area contributed by atoms with Gasteiger partial charge in [0.1, 0.15) is 0 Å². The normalized spacial score (nSPS) is 23.1. The predicted molar refractivity (Wildman–Crippen MR) is 59.1 cm³/mol. The summed E-state index contributed by atoms with van der Waals surface area (Å²) in [4.78, 5) is 11.4. The molecule has 1 unspecified atom stereocenters. The van der Waals surface area contributed by atoms with Crippen molar-refractivity contribution in [2.45, 2.75) is 25.1 Å². The van der Waals surface area contributed by atoms with Crippen molar-refractivity contribution in [1.29, 1.82) is 0 Å². The molecule has 2 amide bonds. The molecule has 1 aromatic carbocycles. The Morgan fingerprint density at radius 2 is 1.94 bits per heavy atom. The summed E-state index contributed by atoms with van der Waals surface area (Å²) >= 11 is 0. The van der Waals surface area contributed by atoms with E-state index in [1.54, 1.807) is 0 Å². The van der Waals surface area contributed by atoms with Gasteiger partial charge in [-0.2, -0.15) is 13.2 Å². The zero-order chi connectivity index (χ0) is 12.9. The monoisotopic (exact) mass is 256 g/mol. The highest BCUT2D eigenvalue weighted by Crippen LogP contribution is 2.45. The Morgan fingerprint density at radius 1 is 1.22 bits per heavy atom. The topological polar surface area (TPSA) is 41.1 Å². The average molecular weight is 256 g/mol. The van der Waals surface area contributed by atoms with Crippen molar-refractivity contribution in [2.75, 3.05) is 5.32 Å². The number of carbonyl (C=O) groups is 1. The lowest BCUT2D eigenvalue weighted by molar-refractivity contribution is -0.137. The van der Waals surface area contributed by atoms with Gasteiger partial charge in [0.15, 0.2) is 0 Å². The Labute approximate surface area is 101 Å². The molecule has 0 radical (unpaired) electrons. The molecule has 1 aliphatic carbocycles. The van der Waals surface area contributed by atoms with Crippen molar-refractivity contribution in [3.05, 3.63) is 29.3 Å². The summed E-state index contributed by atoms with van der Waals surface area (Å²) < 4.78 is 38.0. The summed E-state index contributed by atoms with van der Waals surface area (Å²) in [6.07, 6.45) is -2.47. The standard InChI is InChI=1S/C12H11F3N2O/c13-12(14,15)7-3-4-9-8(5-7)10(6-1-2-6)17-11(18)16-9/h3-6,10H,1-2H2,(H2,16,17,18). The second-order valence-electron chi connectivity index (χ2n) is 4.71. The predicted octanol–water partition coefficient (Wildman–Crippen LogP) is 3.29. The number of fused-ring (bicyclic) bond motifs is 1. The lowest BCUT2D eigenvalue weighted by atomic mass is 9.96. The molecule has 2 aliphatic rings. The van der Waals surface area contributed by atoms with E-state index in [1.807, 2.05) is 0 Å². The largest absolute Gasteiger partial charge is 0.416 e. The molecule has 1 atom stereocenters. The third kappa shape index (κ3) is 1.91. The molecule has 2 N–H and O–H groups in total. The first-order valence-electron chi connectivity index (χ1n) is 5.74. The second kappa shape index (κ2) is 3.63. The number of nitrogens with one attached hydrogen (secondary N) is 2. The zero-order valence-corrected chi connectivity index (χ0v) is 9.34. The van der Waals surface area contributed by atoms with Crippen LogP contribution < -0.4 is 10.6 Å². The van der Waals surface area contributed by atoms with E-state index >= 15 is 0 Å². The molecule has 3 rings (SSSR count). The fraction of sp³-hybridized carbons (Fsp3) is 0.417. The Morgan fingerprint density at radius 3 is 2.56 bits per heavy atom. The minimum atomic E-state index is -4.36. The van der Waals surface area contributed by atoms with E-state index in [-0.39, 0.29) is 18.0 Å². The van der Waals surface area contributed by atoms with Crippen LogP contribution in [0.1, 0.15) is 30.0 Å². The number of amides is 2. The maximum absolute atomic E-state index is 12.7. The molecule has 6 heteroatoms. The van der Waals surface area contributed by atoms with Crippen LogP contribution in [-0.2, 0) is 6.18 Å². The van der Waals surface area contributed by atoms with E-state index in [1.165, 1.54) is 6.07 Å². The van der Waals surface area contributed by atoms with Gasteiger partial charge in [0, 0.05) is 5.69 Å². The maximum Gasteiger partial charge on any atom is 0.416 e. The zero-order valence-electron chi connectivity index (χ0n) is 9.34. The Kier molecular flexibility index (Phi) is 2.30. The fourth-order valence-electron chi connectivity index (χ4n) is 2.29. The number of anilines is 1. The van der Waals surface area contributed by atoms with E-state index in [0.717, 1.165) is 25.0 Å². The molecule has 1 aliphatic heterocycles. The Balaban J connectivity index is 2.04. The van der Waals surface area contributed by atoms with Crippen molar-refractivity contribution in [1.82, 2.24) is 5.32 Å². The molecule has 0 spiro atoms. The van der Waals surface area contributed by atoms with Gasteiger partial charge in [0.25, 0.3) is 0 Å². The van der Waals surface area contributed by atoms with Gasteiger partial charge in [-0.15, -0.1) is 0 Å². The van der Waals surface area contributed by atoms with Crippen LogP contribution in [-0.4, -0.2) is 6.03 Å². The van der Waals surface area contributed by atoms with Gasteiger partial charge in [-0.3, -0.25) is 0 Å². The van der Waals surface area contributed by atoms with Gasteiger partial charge in [0.2, 0.25) is 0 Å². The summed E-state index contributed by atoms with van der Waals surface area (Å²) in [7, 11) is 0. The quantitative estimate of drug-likeness (QED) is 0.795. The third-order valence-electron chi connectivity index (χ3n) is 3.34. The lowest BCUT2D eigenvalue weighted by Gasteiger charge is -2.28. The van der Waals surface area contributed by atoms with Gasteiger partial charge in [-0.25, -0.2) is 4.79 Å². The SMILES string of the molecule is O=C1Nc2ccc(C(F)(F)F)cc2C(C2CC2)N1. The van der Waals surface area contributed by atoms with Crippen molar-refractivity contribution in [2.24, 2.45) is 5.92 Å². The molecule has 96 valence electrons. The number of carbonyl (C=O) groups excluding carboxylic acids is 1. The molecule has 1 fully saturated rings. The minimum Gasteiger partial charge on any atom is -0.331 e. The summed E-state index contributed by atoms with van der Waals surface area (Å²) in [5, 5.41) is 5.23. The highest BCUT2D eigenvalue weighted by Gasteiger charge is 2.39. The van der Waals surface area contributed by atoms with Crippen LogP contribution in [0.5, 0.6) is 0 Å². The second-order valence-corrected chi connectivity index (χ2v) is 4.71. The first-order valence-corrected chi connectivity index (χ1v) is 5.74. The first kappa shape index (κ1) is 11.4. The van der Waals surface area contributed by atoms with Gasteiger partial charge < -0.3 is 10.6 Å². The number of hydrogen-bond acceptors (Lipinski definition) is 1. The van der Waals surface area contributed by atoms with Crippen molar-refractivity contribution < 1.29 is 18.0 Å². The molecular formula is C12H11F3N2O. The van der Waals surface area contributed by atoms with Crippen molar-refractivity contribution >= 4 is 11.7 Å². The van der Waals surface area contributed by atoms with Crippen LogP contribution in [0.2, 0.25) is 0 Å². The molecule has 1 heterocycles. The van der Waals surface area contributed by atoms with Crippen LogP contribution in [0.25, 0.3) is 0 Å². The highest BCUT2D eigenvalue weighted by molar-refractivity contribution is 5.93. The molecule has 1 aromatic rings. The van der Waals surface area contributed by atoms with E-state index < -0.39 is 11.7 Å². The molecule has 0 aromatic heterocycles. The molecule has 18 heavy (non-hydrogen) atoms. The first-order chi connectivity index (χ1) is 8.45. The third-order valence-corrected chi connectivity index (χ3v) is 3.34.